The molecule has 160 valence electrons. The summed E-state index contributed by atoms with van der Waals surface area (Å²) in [6.45, 7) is 1.92. The number of hydrogen-bond donors (Lipinski definition) is 2. The first-order valence-electron chi connectivity index (χ1n) is 9.72. The van der Waals surface area contributed by atoms with E-state index >= 15 is 0 Å². The first-order chi connectivity index (χ1) is 14.9. The Morgan fingerprint density at radius 2 is 1.84 bits per heavy atom. The van der Waals surface area contributed by atoms with Crippen LogP contribution < -0.4 is 20.7 Å². The first-order valence-corrected chi connectivity index (χ1v) is 9.72. The minimum absolute atomic E-state index is 0.00241. The fourth-order valence-corrected chi connectivity index (χ4v) is 3.22. The number of nitrogens with zero attached hydrogens (tertiary/aromatic N) is 3. The average molecular weight is 422 g/mol. The number of aliphatic hydroxyl groups is 1. The van der Waals surface area contributed by atoms with Crippen LogP contribution >= 0.6 is 0 Å². The molecule has 2 aromatic heterocycles. The van der Waals surface area contributed by atoms with E-state index in [0.717, 1.165) is 5.56 Å². The van der Waals surface area contributed by atoms with Crippen molar-refractivity contribution in [2.24, 2.45) is 7.05 Å². The van der Waals surface area contributed by atoms with Crippen molar-refractivity contribution in [2.75, 3.05) is 6.61 Å². The van der Waals surface area contributed by atoms with Gasteiger partial charge in [0, 0.05) is 7.05 Å². The molecule has 0 saturated carbocycles. The monoisotopic (exact) mass is 422 g/mol. The molecule has 4 rings (SSSR count). The summed E-state index contributed by atoms with van der Waals surface area (Å²) in [5.41, 5.74) is 0.129. The zero-order valence-corrected chi connectivity index (χ0v) is 17.1. The Morgan fingerprint density at radius 3 is 2.58 bits per heavy atom. The lowest BCUT2D eigenvalue weighted by molar-refractivity contribution is 0.0915. The number of hydrogen-bond acceptors (Lipinski definition) is 6. The smallest absolute Gasteiger partial charge is 0.329 e. The van der Waals surface area contributed by atoms with Gasteiger partial charge in [0.1, 0.15) is 24.2 Å². The lowest BCUT2D eigenvalue weighted by Gasteiger charge is -2.15. The van der Waals surface area contributed by atoms with E-state index in [1.54, 1.807) is 30.3 Å². The quantitative estimate of drug-likeness (QED) is 0.471. The lowest BCUT2D eigenvalue weighted by atomic mass is 10.2. The molecule has 0 aliphatic rings. The molecule has 0 spiro atoms. The largest absolute Gasteiger partial charge is 0.491 e. The molecule has 2 N–H and O–H groups in total. The van der Waals surface area contributed by atoms with Crippen molar-refractivity contribution >= 4 is 11.2 Å². The number of aryl methyl sites for hydroxylation is 2. The Hall–Kier alpha value is -3.85. The second kappa shape index (κ2) is 8.49. The average Bonchev–Trinajstić information content (AvgIpc) is 3.10. The van der Waals surface area contributed by atoms with Gasteiger partial charge in [0.25, 0.3) is 5.56 Å². The predicted octanol–water partition coefficient (Wildman–Crippen LogP) is 1.96. The van der Waals surface area contributed by atoms with Crippen LogP contribution in [0.2, 0.25) is 0 Å². The van der Waals surface area contributed by atoms with Gasteiger partial charge in [-0.25, -0.2) is 4.79 Å². The predicted molar refractivity (Wildman–Crippen MR) is 115 cm³/mol. The molecule has 0 aliphatic heterocycles. The molecule has 9 nitrogen and oxygen atoms in total. The third-order valence-corrected chi connectivity index (χ3v) is 4.75. The number of ether oxygens (including phenoxy) is 2. The Balaban J connectivity index is 1.67. The third kappa shape index (κ3) is 4.36. The molecule has 1 atom stereocenters. The van der Waals surface area contributed by atoms with E-state index in [1.165, 1.54) is 16.2 Å². The number of benzene rings is 2. The Kier molecular flexibility index (Phi) is 5.59. The minimum Gasteiger partial charge on any atom is -0.491 e. The van der Waals surface area contributed by atoms with Crippen molar-refractivity contribution in [3.8, 4) is 17.5 Å². The molecular weight excluding hydrogens is 400 g/mol. The molecule has 0 fully saturated rings. The highest BCUT2D eigenvalue weighted by Crippen LogP contribution is 2.24. The number of para-hydroxylation sites is 1. The van der Waals surface area contributed by atoms with Gasteiger partial charge in [-0.05, 0) is 36.8 Å². The summed E-state index contributed by atoms with van der Waals surface area (Å²) in [5.74, 6) is 1.14. The second-order valence-corrected chi connectivity index (χ2v) is 7.19. The van der Waals surface area contributed by atoms with Crippen LogP contribution in [-0.4, -0.2) is 36.9 Å². The number of imidazole rings is 1. The highest BCUT2D eigenvalue weighted by atomic mass is 16.5. The molecule has 4 aromatic rings. The van der Waals surface area contributed by atoms with Crippen LogP contribution in [0.25, 0.3) is 11.2 Å². The third-order valence-electron chi connectivity index (χ3n) is 4.75. The van der Waals surface area contributed by atoms with Crippen LogP contribution in [0, 0.1) is 6.92 Å². The molecule has 9 heteroatoms. The van der Waals surface area contributed by atoms with Crippen molar-refractivity contribution in [2.45, 2.75) is 19.6 Å². The van der Waals surface area contributed by atoms with Crippen LogP contribution in [0.15, 0.2) is 64.2 Å². The zero-order chi connectivity index (χ0) is 22.0. The number of rotatable bonds is 7. The van der Waals surface area contributed by atoms with Crippen LogP contribution in [-0.2, 0) is 13.6 Å². The molecule has 0 saturated heterocycles. The van der Waals surface area contributed by atoms with Crippen molar-refractivity contribution in [3.05, 3.63) is 81.0 Å². The fourth-order valence-electron chi connectivity index (χ4n) is 3.22. The molecule has 0 aliphatic carbocycles. The topological polar surface area (TPSA) is 111 Å². The van der Waals surface area contributed by atoms with Crippen molar-refractivity contribution in [1.29, 1.82) is 0 Å². The molecule has 1 unspecified atom stereocenters. The SMILES string of the molecule is Cc1cccc(OCC(O)Cn2c(Oc3ccccc3)nc3c2c(=O)[nH]c(=O)n3C)c1. The molecule has 0 bridgehead atoms. The lowest BCUT2D eigenvalue weighted by Crippen LogP contribution is -2.30. The number of aliphatic hydroxyl groups excluding tert-OH is 1. The van der Waals surface area contributed by atoms with Crippen LogP contribution in [0.1, 0.15) is 5.56 Å². The maximum Gasteiger partial charge on any atom is 0.329 e. The van der Waals surface area contributed by atoms with Crippen LogP contribution in [0.5, 0.6) is 17.5 Å². The Labute approximate surface area is 177 Å². The molecule has 2 heterocycles. The summed E-state index contributed by atoms with van der Waals surface area (Å²) >= 11 is 0. The maximum absolute atomic E-state index is 12.5. The summed E-state index contributed by atoms with van der Waals surface area (Å²) in [6, 6.07) is 16.5. The molecule has 0 radical (unpaired) electrons. The minimum atomic E-state index is -0.965. The molecular formula is C22H22N4O5. The summed E-state index contributed by atoms with van der Waals surface area (Å²) in [6.07, 6.45) is -0.965. The highest BCUT2D eigenvalue weighted by Gasteiger charge is 2.21. The molecule has 2 aromatic carbocycles. The van der Waals surface area contributed by atoms with E-state index in [0.29, 0.717) is 11.5 Å². The summed E-state index contributed by atoms with van der Waals surface area (Å²) in [7, 11) is 1.50. The Morgan fingerprint density at radius 1 is 1.10 bits per heavy atom. The first kappa shape index (κ1) is 20.4. The van der Waals surface area contributed by atoms with E-state index in [1.807, 2.05) is 31.2 Å². The number of fused-ring (bicyclic) bond motifs is 1. The van der Waals surface area contributed by atoms with E-state index in [4.69, 9.17) is 9.47 Å². The van der Waals surface area contributed by atoms with E-state index < -0.39 is 17.4 Å². The maximum atomic E-state index is 12.5. The van der Waals surface area contributed by atoms with Crippen LogP contribution in [0.3, 0.4) is 0 Å². The summed E-state index contributed by atoms with van der Waals surface area (Å²) in [4.78, 5) is 31.1. The van der Waals surface area contributed by atoms with Gasteiger partial charge in [-0.1, -0.05) is 30.3 Å². The van der Waals surface area contributed by atoms with E-state index in [-0.39, 0.29) is 30.3 Å². The number of nitrogens with one attached hydrogen (secondary N) is 1. The van der Waals surface area contributed by atoms with Gasteiger partial charge in [-0.3, -0.25) is 18.9 Å². The van der Waals surface area contributed by atoms with Gasteiger partial charge in [0.05, 0.1) is 6.54 Å². The van der Waals surface area contributed by atoms with Gasteiger partial charge in [-0.15, -0.1) is 0 Å². The van der Waals surface area contributed by atoms with Crippen molar-refractivity contribution in [3.63, 3.8) is 0 Å². The molecule has 0 amide bonds. The van der Waals surface area contributed by atoms with E-state index in [9.17, 15) is 14.7 Å². The number of aromatic amines is 1. The highest BCUT2D eigenvalue weighted by molar-refractivity contribution is 5.71. The zero-order valence-electron chi connectivity index (χ0n) is 17.1. The van der Waals surface area contributed by atoms with Gasteiger partial charge >= 0.3 is 11.7 Å². The van der Waals surface area contributed by atoms with Crippen molar-refractivity contribution in [1.82, 2.24) is 19.1 Å². The van der Waals surface area contributed by atoms with Crippen molar-refractivity contribution < 1.29 is 14.6 Å². The van der Waals surface area contributed by atoms with Gasteiger partial charge in [0.15, 0.2) is 11.2 Å². The molecule has 31 heavy (non-hydrogen) atoms. The van der Waals surface area contributed by atoms with E-state index in [2.05, 4.69) is 9.97 Å². The Bertz CT molecular complexity index is 1320. The summed E-state index contributed by atoms with van der Waals surface area (Å²) < 4.78 is 14.2. The summed E-state index contributed by atoms with van der Waals surface area (Å²) in [5, 5.41) is 10.6. The van der Waals surface area contributed by atoms with Gasteiger partial charge < -0.3 is 14.6 Å². The second-order valence-electron chi connectivity index (χ2n) is 7.19. The normalized spacial score (nSPS) is 12.1. The van der Waals surface area contributed by atoms with Gasteiger partial charge in [0.2, 0.25) is 0 Å². The number of aromatic nitrogens is 4. The number of H-pyrrole nitrogens is 1. The van der Waals surface area contributed by atoms with Crippen LogP contribution in [0.4, 0.5) is 0 Å². The van der Waals surface area contributed by atoms with Gasteiger partial charge in [-0.2, -0.15) is 4.98 Å². The standard InChI is InChI=1S/C22H22N4O5/c1-14-7-6-10-17(11-14)30-13-15(27)12-26-18-19(25(2)21(29)24-20(18)28)23-22(26)31-16-8-4-3-5-9-16/h3-11,15,27H,12-13H2,1-2H3,(H,24,28,29). The fraction of sp³-hybridized carbons (Fsp3) is 0.227.